The van der Waals surface area contributed by atoms with Gasteiger partial charge in [-0.2, -0.15) is 0 Å². The number of Topliss-reactive ketones (excluding diaryl/α,β-unsaturated/α-hetero) is 1. The van der Waals surface area contributed by atoms with Crippen LogP contribution in [0.4, 0.5) is 0 Å². The predicted molar refractivity (Wildman–Crippen MR) is 98.8 cm³/mol. The highest BCUT2D eigenvalue weighted by Crippen LogP contribution is 2.25. The van der Waals surface area contributed by atoms with Crippen LogP contribution < -0.4 is 5.32 Å². The van der Waals surface area contributed by atoms with E-state index in [0.29, 0.717) is 18.6 Å². The van der Waals surface area contributed by atoms with Gasteiger partial charge in [0.25, 0.3) is 0 Å². The van der Waals surface area contributed by atoms with Gasteiger partial charge in [0.2, 0.25) is 0 Å². The molecule has 4 heteroatoms. The number of benzene rings is 1. The Hall–Kier alpha value is -2.59. The van der Waals surface area contributed by atoms with E-state index in [4.69, 9.17) is 8.83 Å². The van der Waals surface area contributed by atoms with Crippen LogP contribution in [-0.2, 0) is 24.1 Å². The number of furan rings is 2. The van der Waals surface area contributed by atoms with Crippen LogP contribution in [0.25, 0.3) is 0 Å². The van der Waals surface area contributed by atoms with Crippen molar-refractivity contribution < 1.29 is 13.6 Å². The van der Waals surface area contributed by atoms with Crippen molar-refractivity contribution in [2.24, 2.45) is 5.92 Å². The van der Waals surface area contributed by atoms with Gasteiger partial charge >= 0.3 is 0 Å². The Morgan fingerprint density at radius 2 is 1.54 bits per heavy atom. The molecule has 2 aromatic heterocycles. The molecular formula is C22H23NO3. The van der Waals surface area contributed by atoms with Crippen LogP contribution in [0.5, 0.6) is 0 Å². The van der Waals surface area contributed by atoms with E-state index in [1.54, 1.807) is 12.5 Å². The summed E-state index contributed by atoms with van der Waals surface area (Å²) >= 11 is 0. The van der Waals surface area contributed by atoms with Crippen molar-refractivity contribution in [3.05, 3.63) is 84.2 Å². The summed E-state index contributed by atoms with van der Waals surface area (Å²) in [6, 6.07) is 18.1. The zero-order valence-electron chi connectivity index (χ0n) is 14.6. The van der Waals surface area contributed by atoms with Gasteiger partial charge in [0, 0.05) is 37.3 Å². The largest absolute Gasteiger partial charge is 0.469 e. The van der Waals surface area contributed by atoms with E-state index in [0.717, 1.165) is 24.4 Å². The van der Waals surface area contributed by atoms with Crippen molar-refractivity contribution in [2.75, 3.05) is 0 Å². The predicted octanol–water partition coefficient (Wildman–Crippen LogP) is 3.82. The Kier molecular flexibility index (Phi) is 5.02. The minimum Gasteiger partial charge on any atom is -0.469 e. The molecule has 0 spiro atoms. The maximum absolute atomic E-state index is 13.0. The lowest BCUT2D eigenvalue weighted by molar-refractivity contribution is -0.126. The molecule has 0 bridgehead atoms. The van der Waals surface area contributed by atoms with Gasteiger partial charge < -0.3 is 14.2 Å². The van der Waals surface area contributed by atoms with Crippen molar-refractivity contribution in [1.29, 1.82) is 0 Å². The van der Waals surface area contributed by atoms with Crippen LogP contribution in [0.1, 0.15) is 23.5 Å². The number of carbonyl (C=O) groups excluding carboxylic acids is 1. The maximum Gasteiger partial charge on any atom is 0.139 e. The Bertz CT molecular complexity index is 808. The van der Waals surface area contributed by atoms with E-state index in [2.05, 4.69) is 17.4 Å². The van der Waals surface area contributed by atoms with Gasteiger partial charge in [-0.3, -0.25) is 4.79 Å². The van der Waals surface area contributed by atoms with Crippen molar-refractivity contribution >= 4 is 5.78 Å². The lowest BCUT2D eigenvalue weighted by Crippen LogP contribution is -2.54. The molecule has 1 aromatic carbocycles. The smallest absolute Gasteiger partial charge is 0.139 e. The first-order valence-electron chi connectivity index (χ1n) is 9.15. The van der Waals surface area contributed by atoms with E-state index in [1.807, 2.05) is 42.5 Å². The third kappa shape index (κ3) is 3.97. The molecule has 0 radical (unpaired) electrons. The van der Waals surface area contributed by atoms with Crippen LogP contribution in [0, 0.1) is 5.92 Å². The summed E-state index contributed by atoms with van der Waals surface area (Å²) in [4.78, 5) is 13.0. The molecule has 1 N–H and O–H groups in total. The molecule has 0 saturated carbocycles. The molecule has 26 heavy (non-hydrogen) atoms. The highest BCUT2D eigenvalue weighted by atomic mass is 16.3. The summed E-state index contributed by atoms with van der Waals surface area (Å²) in [5.74, 6) is 2.09. The first-order valence-corrected chi connectivity index (χ1v) is 9.15. The topological polar surface area (TPSA) is 55.4 Å². The average molecular weight is 349 g/mol. The fourth-order valence-corrected chi connectivity index (χ4v) is 3.87. The van der Waals surface area contributed by atoms with Crippen LogP contribution in [-0.4, -0.2) is 17.9 Å². The molecule has 4 rings (SSSR count). The molecule has 134 valence electrons. The van der Waals surface area contributed by atoms with E-state index in [-0.39, 0.29) is 18.0 Å². The number of nitrogens with one attached hydrogen (secondary N) is 1. The molecule has 1 fully saturated rings. The van der Waals surface area contributed by atoms with E-state index in [1.165, 1.54) is 5.56 Å². The zero-order chi connectivity index (χ0) is 17.8. The van der Waals surface area contributed by atoms with Crippen LogP contribution in [0.2, 0.25) is 0 Å². The Morgan fingerprint density at radius 1 is 0.846 bits per heavy atom. The summed E-state index contributed by atoms with van der Waals surface area (Å²) in [6.45, 7) is 0. The zero-order valence-corrected chi connectivity index (χ0v) is 14.6. The average Bonchev–Trinajstić information content (AvgIpc) is 3.33. The summed E-state index contributed by atoms with van der Waals surface area (Å²) in [7, 11) is 0. The Morgan fingerprint density at radius 3 is 2.19 bits per heavy atom. The fourth-order valence-electron chi connectivity index (χ4n) is 3.87. The van der Waals surface area contributed by atoms with Crippen molar-refractivity contribution in [2.45, 2.75) is 37.8 Å². The number of carbonyl (C=O) groups is 1. The van der Waals surface area contributed by atoms with E-state index < -0.39 is 0 Å². The van der Waals surface area contributed by atoms with E-state index in [9.17, 15) is 4.79 Å². The first kappa shape index (κ1) is 16.9. The first-order chi connectivity index (χ1) is 12.8. The van der Waals surface area contributed by atoms with Crippen LogP contribution in [0.3, 0.4) is 0 Å². The normalized spacial score (nSPS) is 23.2. The highest BCUT2D eigenvalue weighted by molar-refractivity contribution is 5.83. The molecule has 0 aliphatic carbocycles. The van der Waals surface area contributed by atoms with Crippen molar-refractivity contribution in [3.8, 4) is 0 Å². The fraction of sp³-hybridized carbons (Fsp3) is 0.318. The monoisotopic (exact) mass is 349 g/mol. The van der Waals surface area contributed by atoms with Gasteiger partial charge in [-0.05, 0) is 36.2 Å². The second-order valence-corrected chi connectivity index (χ2v) is 7.00. The maximum atomic E-state index is 13.0. The summed E-state index contributed by atoms with van der Waals surface area (Å²) in [5, 5.41) is 3.69. The molecule has 1 saturated heterocycles. The molecule has 3 unspecified atom stereocenters. The van der Waals surface area contributed by atoms with Gasteiger partial charge in [-0.1, -0.05) is 30.3 Å². The van der Waals surface area contributed by atoms with Gasteiger partial charge in [0.05, 0.1) is 12.5 Å². The molecule has 0 amide bonds. The summed E-state index contributed by atoms with van der Waals surface area (Å²) in [5.41, 5.74) is 1.20. The molecule has 3 aromatic rings. The standard InChI is InChI=1S/C22H23NO3/c24-22-14-17(13-18-8-4-10-25-18)23-21(15-19-9-5-11-26-19)20(22)12-16-6-2-1-3-7-16/h1-11,17,20-21,23H,12-15H2. The molecule has 1 aliphatic rings. The van der Waals surface area contributed by atoms with Gasteiger partial charge in [0.1, 0.15) is 17.3 Å². The van der Waals surface area contributed by atoms with E-state index >= 15 is 0 Å². The Labute approximate surface area is 153 Å². The molecular weight excluding hydrogens is 326 g/mol. The number of hydrogen-bond acceptors (Lipinski definition) is 4. The minimum atomic E-state index is -0.0460. The van der Waals surface area contributed by atoms with Crippen molar-refractivity contribution in [3.63, 3.8) is 0 Å². The molecule has 1 aliphatic heterocycles. The molecule has 3 heterocycles. The molecule has 3 atom stereocenters. The number of hydrogen-bond donors (Lipinski definition) is 1. The number of ketones is 1. The Balaban J connectivity index is 1.52. The third-order valence-electron chi connectivity index (χ3n) is 5.12. The molecule has 4 nitrogen and oxygen atoms in total. The lowest BCUT2D eigenvalue weighted by atomic mass is 9.79. The summed E-state index contributed by atoms with van der Waals surface area (Å²) in [6.07, 6.45) is 6.10. The van der Waals surface area contributed by atoms with Gasteiger partial charge in [-0.15, -0.1) is 0 Å². The SMILES string of the molecule is O=C1CC(Cc2ccco2)NC(Cc2ccco2)C1Cc1ccccc1. The minimum absolute atomic E-state index is 0.0460. The second kappa shape index (κ2) is 7.75. The third-order valence-corrected chi connectivity index (χ3v) is 5.12. The summed E-state index contributed by atoms with van der Waals surface area (Å²) < 4.78 is 11.0. The number of rotatable bonds is 6. The van der Waals surface area contributed by atoms with Crippen LogP contribution in [0.15, 0.2) is 76.0 Å². The quantitative estimate of drug-likeness (QED) is 0.735. The lowest BCUT2D eigenvalue weighted by Gasteiger charge is -2.36. The van der Waals surface area contributed by atoms with Crippen LogP contribution >= 0.6 is 0 Å². The van der Waals surface area contributed by atoms with Crippen molar-refractivity contribution in [1.82, 2.24) is 5.32 Å². The van der Waals surface area contributed by atoms with Gasteiger partial charge in [0.15, 0.2) is 0 Å². The second-order valence-electron chi connectivity index (χ2n) is 7.00. The van der Waals surface area contributed by atoms with Gasteiger partial charge in [-0.25, -0.2) is 0 Å². The highest BCUT2D eigenvalue weighted by Gasteiger charge is 2.36. The number of piperidine rings is 1.